The lowest BCUT2D eigenvalue weighted by Crippen LogP contribution is -2.08. The topological polar surface area (TPSA) is 42.0 Å². The molecule has 0 fully saturated rings. The van der Waals surface area contributed by atoms with Gasteiger partial charge in [0.15, 0.2) is 6.29 Å². The van der Waals surface area contributed by atoms with Gasteiger partial charge >= 0.3 is 0 Å². The highest BCUT2D eigenvalue weighted by atomic mass is 16.1. The molecule has 0 unspecified atom stereocenters. The molecule has 2 rings (SSSR count). The van der Waals surface area contributed by atoms with Crippen LogP contribution >= 0.6 is 0 Å². The van der Waals surface area contributed by atoms with Gasteiger partial charge in [-0.15, -0.1) is 0 Å². The summed E-state index contributed by atoms with van der Waals surface area (Å²) in [4.78, 5) is 14.4. The fourth-order valence-corrected chi connectivity index (χ4v) is 1.22. The molecule has 3 nitrogen and oxygen atoms in total. The van der Waals surface area contributed by atoms with Crippen molar-refractivity contribution in [2.45, 2.75) is 6.42 Å². The molecule has 2 heterocycles. The fraction of sp³-hybridized carbons (Fsp3) is 0.111. The van der Waals surface area contributed by atoms with Gasteiger partial charge in [0.25, 0.3) is 0 Å². The molecule has 1 aliphatic heterocycles. The van der Waals surface area contributed by atoms with Crippen LogP contribution in [0.4, 0.5) is 5.69 Å². The first kappa shape index (κ1) is 7.03. The number of nitrogens with zero attached hydrogens (tertiary/aromatic N) is 1. The summed E-state index contributed by atoms with van der Waals surface area (Å²) in [5, 5.41) is 3.00. The van der Waals surface area contributed by atoms with E-state index >= 15 is 0 Å². The Labute approximate surface area is 70.1 Å². The number of aromatic nitrogens is 1. The third-order valence-corrected chi connectivity index (χ3v) is 1.85. The molecule has 12 heavy (non-hydrogen) atoms. The molecule has 1 aromatic rings. The lowest BCUT2D eigenvalue weighted by Gasteiger charge is -2.14. The zero-order valence-corrected chi connectivity index (χ0v) is 6.45. The van der Waals surface area contributed by atoms with E-state index in [1.54, 1.807) is 12.4 Å². The summed E-state index contributed by atoms with van der Waals surface area (Å²) in [5.41, 5.74) is 2.74. The quantitative estimate of drug-likeness (QED) is 0.626. The lowest BCUT2D eigenvalue weighted by atomic mass is 10.1. The summed E-state index contributed by atoms with van der Waals surface area (Å²) in [6.45, 7) is 0. The molecule has 0 spiro atoms. The van der Waals surface area contributed by atoms with Gasteiger partial charge in [-0.3, -0.25) is 9.78 Å². The zero-order valence-electron chi connectivity index (χ0n) is 6.45. The first-order valence-corrected chi connectivity index (χ1v) is 3.75. The second kappa shape index (κ2) is 2.77. The summed E-state index contributed by atoms with van der Waals surface area (Å²) in [6, 6.07) is 1.87. The number of rotatable bonds is 1. The van der Waals surface area contributed by atoms with E-state index in [9.17, 15) is 4.79 Å². The van der Waals surface area contributed by atoms with Crippen LogP contribution < -0.4 is 5.32 Å². The Bertz CT molecular complexity index is 344. The van der Waals surface area contributed by atoms with Crippen LogP contribution in [0.3, 0.4) is 0 Å². The minimum Gasteiger partial charge on any atom is -0.353 e. The Morgan fingerprint density at radius 1 is 1.58 bits per heavy atom. The van der Waals surface area contributed by atoms with Gasteiger partial charge < -0.3 is 5.32 Å². The van der Waals surface area contributed by atoms with Crippen LogP contribution in [-0.4, -0.2) is 11.3 Å². The third kappa shape index (κ3) is 1.09. The lowest BCUT2D eigenvalue weighted by molar-refractivity contribution is -0.104. The SMILES string of the molecule is O=CC1=CCc2cnccc2N1. The van der Waals surface area contributed by atoms with Crippen molar-refractivity contribution in [2.75, 3.05) is 5.32 Å². The minimum absolute atomic E-state index is 0.633. The largest absolute Gasteiger partial charge is 0.353 e. The van der Waals surface area contributed by atoms with Crippen molar-refractivity contribution in [1.82, 2.24) is 4.98 Å². The predicted molar refractivity (Wildman–Crippen MR) is 45.7 cm³/mol. The minimum atomic E-state index is 0.633. The van der Waals surface area contributed by atoms with E-state index in [4.69, 9.17) is 0 Å². The molecule has 0 radical (unpaired) electrons. The summed E-state index contributed by atoms with van der Waals surface area (Å²) in [5.74, 6) is 0. The number of pyridine rings is 1. The monoisotopic (exact) mass is 160 g/mol. The Morgan fingerprint density at radius 3 is 3.33 bits per heavy atom. The van der Waals surface area contributed by atoms with E-state index in [-0.39, 0.29) is 0 Å². The maximum absolute atomic E-state index is 10.4. The summed E-state index contributed by atoms with van der Waals surface area (Å²) in [6.07, 6.45) is 6.98. The van der Waals surface area contributed by atoms with E-state index in [0.29, 0.717) is 5.70 Å². The third-order valence-electron chi connectivity index (χ3n) is 1.85. The van der Waals surface area contributed by atoms with Gasteiger partial charge in [0.1, 0.15) is 0 Å². The molecule has 3 heteroatoms. The highest BCUT2D eigenvalue weighted by molar-refractivity contribution is 5.80. The van der Waals surface area contributed by atoms with Crippen molar-refractivity contribution in [3.63, 3.8) is 0 Å². The van der Waals surface area contributed by atoms with Crippen molar-refractivity contribution in [3.8, 4) is 0 Å². The van der Waals surface area contributed by atoms with E-state index in [2.05, 4.69) is 10.3 Å². The summed E-state index contributed by atoms with van der Waals surface area (Å²) < 4.78 is 0. The summed E-state index contributed by atoms with van der Waals surface area (Å²) >= 11 is 0. The average Bonchev–Trinajstić information content (AvgIpc) is 2.17. The Morgan fingerprint density at radius 2 is 2.50 bits per heavy atom. The van der Waals surface area contributed by atoms with Crippen molar-refractivity contribution in [1.29, 1.82) is 0 Å². The molecule has 0 amide bonds. The number of carbonyl (C=O) groups is 1. The predicted octanol–water partition coefficient (Wildman–Crippen LogP) is 1.13. The smallest absolute Gasteiger partial charge is 0.165 e. The van der Waals surface area contributed by atoms with Crippen LogP contribution in [0.5, 0.6) is 0 Å². The number of fused-ring (bicyclic) bond motifs is 1. The molecular formula is C9H8N2O. The molecule has 0 aromatic carbocycles. The molecule has 0 saturated heterocycles. The van der Waals surface area contributed by atoms with Gasteiger partial charge in [-0.2, -0.15) is 0 Å². The molecule has 1 aliphatic rings. The molecule has 0 bridgehead atoms. The number of aldehydes is 1. The Kier molecular flexibility index (Phi) is 1.63. The number of anilines is 1. The molecule has 60 valence electrons. The van der Waals surface area contributed by atoms with Crippen molar-refractivity contribution >= 4 is 12.0 Å². The number of carbonyl (C=O) groups excluding carboxylic acids is 1. The molecule has 0 aliphatic carbocycles. The summed E-state index contributed by atoms with van der Waals surface area (Å²) in [7, 11) is 0. The second-order valence-electron chi connectivity index (χ2n) is 2.64. The maximum atomic E-state index is 10.4. The highest BCUT2D eigenvalue weighted by Crippen LogP contribution is 2.20. The van der Waals surface area contributed by atoms with Crippen LogP contribution in [0.1, 0.15) is 5.56 Å². The van der Waals surface area contributed by atoms with Crippen molar-refractivity contribution < 1.29 is 4.79 Å². The average molecular weight is 160 g/mol. The van der Waals surface area contributed by atoms with Crippen LogP contribution in [-0.2, 0) is 11.2 Å². The van der Waals surface area contributed by atoms with Gasteiger partial charge in [0, 0.05) is 18.1 Å². The Hall–Kier alpha value is -1.64. The Balaban J connectivity index is 2.36. The van der Waals surface area contributed by atoms with Crippen LogP contribution in [0.15, 0.2) is 30.2 Å². The van der Waals surface area contributed by atoms with Crippen LogP contribution in [0, 0.1) is 0 Å². The molecule has 1 aromatic heterocycles. The van der Waals surface area contributed by atoms with Crippen LogP contribution in [0.2, 0.25) is 0 Å². The van der Waals surface area contributed by atoms with E-state index in [0.717, 1.165) is 24.0 Å². The van der Waals surface area contributed by atoms with Gasteiger partial charge in [0.2, 0.25) is 0 Å². The number of hydrogen-bond donors (Lipinski definition) is 1. The molecule has 0 saturated carbocycles. The van der Waals surface area contributed by atoms with Gasteiger partial charge in [-0.1, -0.05) is 6.08 Å². The number of hydrogen-bond acceptors (Lipinski definition) is 3. The van der Waals surface area contributed by atoms with E-state index in [1.165, 1.54) is 0 Å². The van der Waals surface area contributed by atoms with Crippen molar-refractivity contribution in [3.05, 3.63) is 35.8 Å². The highest BCUT2D eigenvalue weighted by Gasteiger charge is 2.07. The molecule has 0 atom stereocenters. The normalized spacial score (nSPS) is 14.2. The standard InChI is InChI=1S/C9H8N2O/c12-6-8-2-1-7-5-10-4-3-9(7)11-8/h2-6,11H,1H2. The van der Waals surface area contributed by atoms with Gasteiger partial charge in [-0.05, 0) is 18.1 Å². The van der Waals surface area contributed by atoms with E-state index < -0.39 is 0 Å². The van der Waals surface area contributed by atoms with Crippen LogP contribution in [0.25, 0.3) is 0 Å². The molecule has 1 N–H and O–H groups in total. The fourth-order valence-electron chi connectivity index (χ4n) is 1.22. The zero-order chi connectivity index (χ0) is 8.39. The first-order chi connectivity index (χ1) is 5.90. The van der Waals surface area contributed by atoms with Crippen molar-refractivity contribution in [2.24, 2.45) is 0 Å². The van der Waals surface area contributed by atoms with E-state index in [1.807, 2.05) is 12.1 Å². The second-order valence-corrected chi connectivity index (χ2v) is 2.64. The van der Waals surface area contributed by atoms with Gasteiger partial charge in [0.05, 0.1) is 5.70 Å². The van der Waals surface area contributed by atoms with Gasteiger partial charge in [-0.25, -0.2) is 0 Å². The number of nitrogens with one attached hydrogen (secondary N) is 1. The molecular weight excluding hydrogens is 152 g/mol. The maximum Gasteiger partial charge on any atom is 0.165 e. The number of allylic oxidation sites excluding steroid dienone is 2. The first-order valence-electron chi connectivity index (χ1n) is 3.75.